The number of amides is 3. The first-order valence-corrected chi connectivity index (χ1v) is 15.6. The van der Waals surface area contributed by atoms with Gasteiger partial charge in [-0.15, -0.1) is 0 Å². The Kier molecular flexibility index (Phi) is 8.87. The first kappa shape index (κ1) is 31.0. The Balaban J connectivity index is 1.20. The Hall–Kier alpha value is -5.00. The van der Waals surface area contributed by atoms with Gasteiger partial charge in [0.05, 0.1) is 13.2 Å². The maximum absolute atomic E-state index is 14.1. The summed E-state index contributed by atoms with van der Waals surface area (Å²) in [5.41, 5.74) is 1.17. The monoisotopic (exact) mass is 628 g/mol. The molecule has 3 fully saturated rings. The molecule has 3 aliphatic rings. The third-order valence-corrected chi connectivity index (χ3v) is 9.45. The van der Waals surface area contributed by atoms with E-state index in [4.69, 9.17) is 9.47 Å². The fraction of sp³-hybridized carbons (Fsp3) is 0.412. The van der Waals surface area contributed by atoms with Crippen LogP contribution in [-0.2, 0) is 23.9 Å². The maximum Gasteiger partial charge on any atom is 0.380 e. The zero-order valence-electron chi connectivity index (χ0n) is 25.5. The minimum absolute atomic E-state index is 0.00281. The lowest BCUT2D eigenvalue weighted by Gasteiger charge is -2.29. The van der Waals surface area contributed by atoms with Crippen molar-refractivity contribution in [3.8, 4) is 5.75 Å². The van der Waals surface area contributed by atoms with Crippen molar-refractivity contribution in [2.24, 2.45) is 17.8 Å². The van der Waals surface area contributed by atoms with E-state index in [0.29, 0.717) is 31.0 Å². The fourth-order valence-corrected chi connectivity index (χ4v) is 7.12. The fourth-order valence-electron chi connectivity index (χ4n) is 7.12. The molecule has 0 spiro atoms. The van der Waals surface area contributed by atoms with Gasteiger partial charge in [0.1, 0.15) is 17.5 Å². The van der Waals surface area contributed by atoms with Gasteiger partial charge in [-0.3, -0.25) is 24.0 Å². The second kappa shape index (κ2) is 13.2. The van der Waals surface area contributed by atoms with E-state index in [1.165, 1.54) is 12.1 Å². The SMILES string of the molecule is COc1cccc2[nH]c(C(=O)N3C[C@@H]4CCC[C@@H]4[C@H]3C(=O)N[C@@H](C[C@@H]3CCNC3=O)C(=O)COC(=O)C(=O)c3ccccc3)cc12. The van der Waals surface area contributed by atoms with Crippen LogP contribution in [0.1, 0.15) is 53.0 Å². The number of carbonyl (C=O) groups excluding carboxylic acids is 6. The molecule has 2 aliphatic heterocycles. The first-order chi connectivity index (χ1) is 22.2. The number of methoxy groups -OCH3 is 1. The lowest BCUT2D eigenvalue weighted by Crippen LogP contribution is -2.54. The van der Waals surface area contributed by atoms with Crippen molar-refractivity contribution in [2.75, 3.05) is 26.8 Å². The van der Waals surface area contributed by atoms with Crippen LogP contribution in [-0.4, -0.2) is 84.0 Å². The number of ether oxygens (including phenoxy) is 2. The Morgan fingerprint density at radius 3 is 2.57 bits per heavy atom. The number of ketones is 2. The molecule has 0 unspecified atom stereocenters. The molecule has 1 saturated carbocycles. The number of aromatic amines is 1. The van der Waals surface area contributed by atoms with Gasteiger partial charge in [0.2, 0.25) is 11.8 Å². The molecule has 1 aliphatic carbocycles. The second-order valence-electron chi connectivity index (χ2n) is 12.2. The Morgan fingerprint density at radius 1 is 1.02 bits per heavy atom. The molecule has 3 aromatic rings. The van der Waals surface area contributed by atoms with Crippen molar-refractivity contribution in [3.05, 3.63) is 65.9 Å². The number of aromatic nitrogens is 1. The van der Waals surface area contributed by atoms with E-state index in [1.54, 1.807) is 42.3 Å². The van der Waals surface area contributed by atoms with Crippen molar-refractivity contribution in [2.45, 2.75) is 44.2 Å². The molecule has 12 nitrogen and oxygen atoms in total. The maximum atomic E-state index is 14.1. The highest BCUT2D eigenvalue weighted by atomic mass is 16.5. The number of H-pyrrole nitrogens is 1. The quantitative estimate of drug-likeness (QED) is 0.166. The van der Waals surface area contributed by atoms with Crippen molar-refractivity contribution < 1.29 is 38.2 Å². The van der Waals surface area contributed by atoms with E-state index in [0.717, 1.165) is 30.2 Å². The van der Waals surface area contributed by atoms with Crippen molar-refractivity contribution in [3.63, 3.8) is 0 Å². The Bertz CT molecular complexity index is 1680. The Morgan fingerprint density at radius 2 is 1.83 bits per heavy atom. The largest absolute Gasteiger partial charge is 0.496 e. The van der Waals surface area contributed by atoms with Crippen LogP contribution in [0.25, 0.3) is 10.9 Å². The third kappa shape index (κ3) is 6.11. The van der Waals surface area contributed by atoms with Crippen molar-refractivity contribution in [1.29, 1.82) is 0 Å². The standard InChI is InChI=1S/C34H36N4O8/c1-45-28-12-6-11-24-23(28)16-26(36-24)33(43)38-17-21-9-5-10-22(21)29(38)32(42)37-25(15-20-13-14-35-31(20)41)27(39)18-46-34(44)30(40)19-7-3-2-4-8-19/h2-4,6-8,11-12,16,20-22,25,29,36H,5,9-10,13-15,17-18H2,1H3,(H,35,41)(H,37,42)/t20-,21-,22-,25-,29-/m0/s1. The van der Waals surface area contributed by atoms with Gasteiger partial charge in [-0.2, -0.15) is 0 Å². The zero-order chi connectivity index (χ0) is 32.4. The summed E-state index contributed by atoms with van der Waals surface area (Å²) >= 11 is 0. The van der Waals surface area contributed by atoms with Crippen LogP contribution in [0.15, 0.2) is 54.6 Å². The zero-order valence-corrected chi connectivity index (χ0v) is 25.5. The number of Topliss-reactive ketones (excluding diaryl/α,β-unsaturated/α-hetero) is 2. The third-order valence-electron chi connectivity index (χ3n) is 9.45. The van der Waals surface area contributed by atoms with Crippen LogP contribution >= 0.6 is 0 Å². The summed E-state index contributed by atoms with van der Waals surface area (Å²) < 4.78 is 10.5. The molecule has 3 amide bonds. The van der Waals surface area contributed by atoms with E-state index < -0.39 is 48.1 Å². The minimum Gasteiger partial charge on any atom is -0.496 e. The van der Waals surface area contributed by atoms with E-state index in [2.05, 4.69) is 15.6 Å². The topological polar surface area (TPSA) is 164 Å². The number of hydrogen-bond acceptors (Lipinski definition) is 8. The van der Waals surface area contributed by atoms with E-state index in [-0.39, 0.29) is 35.6 Å². The van der Waals surface area contributed by atoms with Gasteiger partial charge in [0, 0.05) is 35.5 Å². The van der Waals surface area contributed by atoms with E-state index in [1.807, 2.05) is 12.1 Å². The molecule has 0 bridgehead atoms. The summed E-state index contributed by atoms with van der Waals surface area (Å²) in [6.07, 6.45) is 3.05. The number of carbonyl (C=O) groups is 6. The van der Waals surface area contributed by atoms with Gasteiger partial charge < -0.3 is 30.0 Å². The molecular weight excluding hydrogens is 592 g/mol. The van der Waals surface area contributed by atoms with Crippen LogP contribution in [0.4, 0.5) is 0 Å². The van der Waals surface area contributed by atoms with Crippen LogP contribution in [0.5, 0.6) is 5.75 Å². The second-order valence-corrected chi connectivity index (χ2v) is 12.2. The number of rotatable bonds is 11. The number of likely N-dealkylation sites (tertiary alicyclic amines) is 1. The summed E-state index contributed by atoms with van der Waals surface area (Å²) in [6, 6.07) is 13.0. The van der Waals surface area contributed by atoms with Gasteiger partial charge >= 0.3 is 5.97 Å². The molecule has 5 atom stereocenters. The number of hydrogen-bond donors (Lipinski definition) is 3. The Labute approximate surface area is 265 Å². The minimum atomic E-state index is -1.19. The molecular formula is C34H36N4O8. The number of nitrogens with zero attached hydrogens (tertiary/aromatic N) is 1. The summed E-state index contributed by atoms with van der Waals surface area (Å²) in [5, 5.41) is 6.30. The van der Waals surface area contributed by atoms with Crippen molar-refractivity contribution >= 4 is 46.2 Å². The van der Waals surface area contributed by atoms with Crippen LogP contribution in [0, 0.1) is 17.8 Å². The normalized spacial score (nSPS) is 22.6. The lowest BCUT2D eigenvalue weighted by atomic mass is 9.92. The van der Waals surface area contributed by atoms with Gasteiger partial charge in [0.25, 0.3) is 11.7 Å². The number of benzene rings is 2. The molecule has 12 heteroatoms. The highest BCUT2D eigenvalue weighted by molar-refractivity contribution is 6.40. The molecule has 6 rings (SSSR count). The predicted molar refractivity (Wildman–Crippen MR) is 165 cm³/mol. The summed E-state index contributed by atoms with van der Waals surface area (Å²) in [4.78, 5) is 83.5. The summed E-state index contributed by atoms with van der Waals surface area (Å²) in [6.45, 7) is 0.0900. The molecule has 2 saturated heterocycles. The van der Waals surface area contributed by atoms with Crippen LogP contribution < -0.4 is 15.4 Å². The average molecular weight is 629 g/mol. The van der Waals surface area contributed by atoms with Gasteiger partial charge in [0.15, 0.2) is 12.4 Å². The number of fused-ring (bicyclic) bond motifs is 2. The molecule has 3 N–H and O–H groups in total. The summed E-state index contributed by atoms with van der Waals surface area (Å²) in [5.74, 6) is -3.67. The number of esters is 1. The smallest absolute Gasteiger partial charge is 0.380 e. The lowest BCUT2D eigenvalue weighted by molar-refractivity contribution is -0.144. The number of nitrogens with one attached hydrogen (secondary N) is 3. The van der Waals surface area contributed by atoms with E-state index >= 15 is 0 Å². The molecule has 1 aromatic heterocycles. The molecule has 240 valence electrons. The van der Waals surface area contributed by atoms with Gasteiger partial charge in [-0.05, 0) is 55.7 Å². The summed E-state index contributed by atoms with van der Waals surface area (Å²) in [7, 11) is 1.56. The first-order valence-electron chi connectivity index (χ1n) is 15.6. The van der Waals surface area contributed by atoms with Gasteiger partial charge in [-0.1, -0.05) is 42.8 Å². The average Bonchev–Trinajstić information content (AvgIpc) is 3.87. The van der Waals surface area contributed by atoms with E-state index in [9.17, 15) is 28.8 Å². The van der Waals surface area contributed by atoms with Crippen LogP contribution in [0.3, 0.4) is 0 Å². The molecule has 46 heavy (non-hydrogen) atoms. The highest BCUT2D eigenvalue weighted by Gasteiger charge is 2.50. The highest BCUT2D eigenvalue weighted by Crippen LogP contribution is 2.43. The van der Waals surface area contributed by atoms with Crippen molar-refractivity contribution in [1.82, 2.24) is 20.5 Å². The van der Waals surface area contributed by atoms with Gasteiger partial charge in [-0.25, -0.2) is 4.79 Å². The molecule has 0 radical (unpaired) electrons. The predicted octanol–water partition coefficient (Wildman–Crippen LogP) is 2.42. The molecule has 3 heterocycles. The molecule has 2 aromatic carbocycles. The van der Waals surface area contributed by atoms with Crippen LogP contribution in [0.2, 0.25) is 0 Å².